The Balaban J connectivity index is 1.21. The average Bonchev–Trinajstić information content (AvgIpc) is 3.34. The molecule has 2 aromatic rings. The van der Waals surface area contributed by atoms with E-state index < -0.39 is 11.6 Å². The molecule has 1 aliphatic carbocycles. The Labute approximate surface area is 187 Å². The minimum atomic E-state index is -0.544. The van der Waals surface area contributed by atoms with Gasteiger partial charge in [0.05, 0.1) is 12.8 Å². The summed E-state index contributed by atoms with van der Waals surface area (Å²) in [5.74, 6) is 2.15. The molecule has 1 aromatic carbocycles. The van der Waals surface area contributed by atoms with E-state index in [0.717, 1.165) is 50.2 Å². The molecule has 0 radical (unpaired) electrons. The van der Waals surface area contributed by atoms with Crippen LogP contribution in [0.1, 0.15) is 25.7 Å². The van der Waals surface area contributed by atoms with E-state index in [0.29, 0.717) is 29.4 Å². The Morgan fingerprint density at radius 3 is 2.56 bits per heavy atom. The summed E-state index contributed by atoms with van der Waals surface area (Å²) in [6, 6.07) is 5.22. The molecule has 3 heterocycles. The van der Waals surface area contributed by atoms with Gasteiger partial charge in [0.2, 0.25) is 0 Å². The van der Waals surface area contributed by atoms with Crippen LogP contribution in [0, 0.1) is 29.4 Å². The molecule has 3 aliphatic rings. The lowest BCUT2D eigenvalue weighted by molar-refractivity contribution is 0.0545. The molecular formula is C24H30F2N4O2. The number of fused-ring (bicyclic) bond motifs is 1. The molecule has 0 spiro atoms. The highest BCUT2D eigenvalue weighted by molar-refractivity contribution is 5.64. The fourth-order valence-electron chi connectivity index (χ4n) is 5.61. The summed E-state index contributed by atoms with van der Waals surface area (Å²) >= 11 is 0. The third-order valence-electron chi connectivity index (χ3n) is 7.21. The third kappa shape index (κ3) is 4.57. The van der Waals surface area contributed by atoms with Crippen molar-refractivity contribution in [1.82, 2.24) is 15.1 Å². The first-order chi connectivity index (χ1) is 15.6. The van der Waals surface area contributed by atoms with Gasteiger partial charge in [-0.2, -0.15) is 0 Å². The molecule has 0 bridgehead atoms. The smallest absolute Gasteiger partial charge is 0.191 e. The number of likely N-dealkylation sites (tertiary alicyclic amines) is 1. The second-order valence-electron chi connectivity index (χ2n) is 9.38. The van der Waals surface area contributed by atoms with E-state index in [1.165, 1.54) is 32.5 Å². The maximum absolute atomic E-state index is 14.1. The molecule has 1 N–H and O–H groups in total. The summed E-state index contributed by atoms with van der Waals surface area (Å²) in [5, 5.41) is 11.9. The highest BCUT2D eigenvalue weighted by atomic mass is 19.1. The van der Waals surface area contributed by atoms with Crippen LogP contribution in [0.2, 0.25) is 0 Å². The fourth-order valence-corrected chi connectivity index (χ4v) is 5.61. The highest BCUT2D eigenvalue weighted by Crippen LogP contribution is 2.40. The van der Waals surface area contributed by atoms with E-state index in [9.17, 15) is 8.78 Å². The van der Waals surface area contributed by atoms with Gasteiger partial charge < -0.3 is 19.7 Å². The monoisotopic (exact) mass is 444 g/mol. The number of benzene rings is 1. The number of methoxy groups -OCH3 is 1. The summed E-state index contributed by atoms with van der Waals surface area (Å²) < 4.78 is 38.7. The van der Waals surface area contributed by atoms with Gasteiger partial charge in [-0.3, -0.25) is 0 Å². The van der Waals surface area contributed by atoms with Crippen molar-refractivity contribution >= 4 is 5.82 Å². The zero-order valence-electron chi connectivity index (χ0n) is 18.4. The van der Waals surface area contributed by atoms with Crippen molar-refractivity contribution in [3.8, 4) is 17.0 Å². The van der Waals surface area contributed by atoms with Gasteiger partial charge in [-0.05, 0) is 61.6 Å². The summed E-state index contributed by atoms with van der Waals surface area (Å²) in [6.45, 7) is 5.35. The molecule has 8 heteroatoms. The Kier molecular flexibility index (Phi) is 6.24. The van der Waals surface area contributed by atoms with Crippen molar-refractivity contribution in [2.45, 2.75) is 31.7 Å². The zero-order valence-corrected chi connectivity index (χ0v) is 18.4. The predicted molar refractivity (Wildman–Crippen MR) is 118 cm³/mol. The lowest BCUT2D eigenvalue weighted by Crippen LogP contribution is -2.32. The largest absolute Gasteiger partial charge is 0.493 e. The fraction of sp³-hybridized carbons (Fsp3) is 0.583. The standard InChI is InChI=1S/C24H30F2N4O2/c1-31-23-11-22(20-10-18(25)2-3-21(20)26)28-29-24(23)27-19-8-16-13-30(14-17(16)9-19)12-15-4-6-32-7-5-15/h2-3,10-11,15-17,19H,4-9,12-14H2,1H3,(H,27,29)/t16-,17+,19+. The van der Waals surface area contributed by atoms with Crippen LogP contribution in [0.25, 0.3) is 11.3 Å². The Hall–Kier alpha value is -2.32. The van der Waals surface area contributed by atoms with E-state index in [1.807, 2.05) is 0 Å². The van der Waals surface area contributed by atoms with E-state index in [-0.39, 0.29) is 11.3 Å². The molecule has 3 atom stereocenters. The molecule has 0 unspecified atom stereocenters. The lowest BCUT2D eigenvalue weighted by Gasteiger charge is -2.27. The van der Waals surface area contributed by atoms with Gasteiger partial charge >= 0.3 is 0 Å². The number of rotatable bonds is 6. The van der Waals surface area contributed by atoms with Crippen LogP contribution < -0.4 is 10.1 Å². The zero-order chi connectivity index (χ0) is 22.1. The van der Waals surface area contributed by atoms with Crippen LogP contribution >= 0.6 is 0 Å². The van der Waals surface area contributed by atoms with Crippen LogP contribution in [0.5, 0.6) is 5.75 Å². The molecular weight excluding hydrogens is 414 g/mol. The van der Waals surface area contributed by atoms with E-state index in [2.05, 4.69) is 20.4 Å². The molecule has 6 nitrogen and oxygen atoms in total. The molecule has 1 aromatic heterocycles. The average molecular weight is 445 g/mol. The van der Waals surface area contributed by atoms with Crippen LogP contribution in [0.3, 0.4) is 0 Å². The quantitative estimate of drug-likeness (QED) is 0.727. The summed E-state index contributed by atoms with van der Waals surface area (Å²) in [5.41, 5.74) is 0.318. The number of nitrogens with one attached hydrogen (secondary N) is 1. The van der Waals surface area contributed by atoms with Crippen LogP contribution in [-0.2, 0) is 4.74 Å². The number of hydrogen-bond donors (Lipinski definition) is 1. The van der Waals surface area contributed by atoms with Crippen molar-refractivity contribution in [3.05, 3.63) is 35.9 Å². The van der Waals surface area contributed by atoms with Crippen molar-refractivity contribution in [2.75, 3.05) is 45.3 Å². The van der Waals surface area contributed by atoms with Crippen molar-refractivity contribution in [1.29, 1.82) is 0 Å². The summed E-state index contributed by atoms with van der Waals surface area (Å²) in [4.78, 5) is 2.64. The Morgan fingerprint density at radius 2 is 1.84 bits per heavy atom. The first-order valence-corrected chi connectivity index (χ1v) is 11.5. The number of nitrogens with zero attached hydrogens (tertiary/aromatic N) is 3. The topological polar surface area (TPSA) is 59.5 Å². The number of halogens is 2. The minimum absolute atomic E-state index is 0.0716. The van der Waals surface area contributed by atoms with Gasteiger partial charge in [-0.1, -0.05) is 0 Å². The summed E-state index contributed by atoms with van der Waals surface area (Å²) in [6.07, 6.45) is 4.56. The second-order valence-corrected chi connectivity index (χ2v) is 9.38. The molecule has 32 heavy (non-hydrogen) atoms. The Morgan fingerprint density at radius 1 is 1.09 bits per heavy atom. The van der Waals surface area contributed by atoms with Crippen molar-refractivity contribution in [2.24, 2.45) is 17.8 Å². The van der Waals surface area contributed by atoms with Crippen molar-refractivity contribution < 1.29 is 18.3 Å². The van der Waals surface area contributed by atoms with E-state index >= 15 is 0 Å². The first kappa shape index (κ1) is 21.5. The number of anilines is 1. The molecule has 0 amide bonds. The van der Waals surface area contributed by atoms with Gasteiger partial charge in [0, 0.05) is 50.5 Å². The van der Waals surface area contributed by atoms with Crippen LogP contribution in [0.15, 0.2) is 24.3 Å². The number of aromatic nitrogens is 2. The normalized spacial score (nSPS) is 26.3. The van der Waals surface area contributed by atoms with Crippen LogP contribution in [-0.4, -0.2) is 61.1 Å². The van der Waals surface area contributed by atoms with Crippen LogP contribution in [0.4, 0.5) is 14.6 Å². The van der Waals surface area contributed by atoms with Gasteiger partial charge in [-0.25, -0.2) is 8.78 Å². The summed E-state index contributed by atoms with van der Waals surface area (Å²) in [7, 11) is 1.55. The molecule has 2 saturated heterocycles. The molecule has 1 saturated carbocycles. The molecule has 2 aliphatic heterocycles. The third-order valence-corrected chi connectivity index (χ3v) is 7.21. The van der Waals surface area contributed by atoms with Gasteiger partial charge in [0.15, 0.2) is 11.6 Å². The highest BCUT2D eigenvalue weighted by Gasteiger charge is 2.41. The molecule has 5 rings (SSSR count). The number of ether oxygens (including phenoxy) is 2. The first-order valence-electron chi connectivity index (χ1n) is 11.5. The molecule has 172 valence electrons. The van der Waals surface area contributed by atoms with E-state index in [4.69, 9.17) is 9.47 Å². The van der Waals surface area contributed by atoms with Gasteiger partial charge in [0.25, 0.3) is 0 Å². The SMILES string of the molecule is COc1cc(-c2cc(F)ccc2F)nnc1N[C@H]1C[C@@H]2CN(CC3CCOCC3)C[C@@H]2C1. The van der Waals surface area contributed by atoms with Crippen molar-refractivity contribution in [3.63, 3.8) is 0 Å². The van der Waals surface area contributed by atoms with E-state index in [1.54, 1.807) is 13.2 Å². The maximum atomic E-state index is 14.1. The van der Waals surface area contributed by atoms with Gasteiger partial charge in [-0.15, -0.1) is 10.2 Å². The Bertz CT molecular complexity index is 940. The van der Waals surface area contributed by atoms with Gasteiger partial charge in [0.1, 0.15) is 11.6 Å². The second kappa shape index (κ2) is 9.27. The minimum Gasteiger partial charge on any atom is -0.493 e. The number of hydrogen-bond acceptors (Lipinski definition) is 6. The molecule has 3 fully saturated rings. The maximum Gasteiger partial charge on any atom is 0.191 e. The lowest BCUT2D eigenvalue weighted by atomic mass is 10.00. The predicted octanol–water partition coefficient (Wildman–Crippen LogP) is 3.98.